The predicted octanol–water partition coefficient (Wildman–Crippen LogP) is 4.76. The van der Waals surface area contributed by atoms with E-state index >= 15 is 0 Å². The summed E-state index contributed by atoms with van der Waals surface area (Å²) in [4.78, 5) is 12.3. The smallest absolute Gasteiger partial charge is 0.180 e. The standard InChI is InChI=1S/C19H14O2/c20-17(16-6-3-7-18-19(16)21-18)11-9-13-8-10-14-4-1-2-5-15(14)12-13/h1-8,10,12H,9,11H2. The lowest BCUT2D eigenvalue weighted by Crippen LogP contribution is -2.00. The lowest BCUT2D eigenvalue weighted by atomic mass is 10.0. The van der Waals surface area contributed by atoms with E-state index in [1.165, 1.54) is 16.3 Å². The van der Waals surface area contributed by atoms with Crippen molar-refractivity contribution in [3.63, 3.8) is 0 Å². The Morgan fingerprint density at radius 2 is 1.76 bits per heavy atom. The first-order valence-corrected chi connectivity index (χ1v) is 7.13. The van der Waals surface area contributed by atoms with Crippen molar-refractivity contribution in [3.05, 3.63) is 71.8 Å². The molecule has 0 saturated heterocycles. The summed E-state index contributed by atoms with van der Waals surface area (Å²) >= 11 is 0. The van der Waals surface area contributed by atoms with Gasteiger partial charge in [-0.2, -0.15) is 0 Å². The zero-order valence-electron chi connectivity index (χ0n) is 11.5. The first kappa shape index (κ1) is 12.2. The number of hydrogen-bond donors (Lipinski definition) is 0. The number of rotatable bonds is 4. The molecule has 2 nitrogen and oxygen atoms in total. The van der Waals surface area contributed by atoms with Crippen molar-refractivity contribution in [1.82, 2.24) is 0 Å². The first-order chi connectivity index (χ1) is 10.3. The van der Waals surface area contributed by atoms with E-state index in [-0.39, 0.29) is 5.78 Å². The second-order valence-corrected chi connectivity index (χ2v) is 5.34. The molecule has 0 N–H and O–H groups in total. The van der Waals surface area contributed by atoms with Crippen molar-refractivity contribution in [1.29, 1.82) is 0 Å². The van der Waals surface area contributed by atoms with Gasteiger partial charge in [0.25, 0.3) is 0 Å². The van der Waals surface area contributed by atoms with E-state index in [2.05, 4.69) is 30.3 Å². The molecule has 0 atom stereocenters. The molecule has 0 unspecified atom stereocenters. The van der Waals surface area contributed by atoms with Crippen LogP contribution >= 0.6 is 0 Å². The van der Waals surface area contributed by atoms with E-state index in [1.54, 1.807) is 0 Å². The zero-order valence-corrected chi connectivity index (χ0v) is 11.5. The van der Waals surface area contributed by atoms with Crippen LogP contribution in [0.1, 0.15) is 22.3 Å². The number of para-hydroxylation sites is 1. The van der Waals surface area contributed by atoms with Crippen molar-refractivity contribution < 1.29 is 9.53 Å². The molecule has 1 aliphatic rings. The van der Waals surface area contributed by atoms with Crippen LogP contribution in [0.5, 0.6) is 11.5 Å². The summed E-state index contributed by atoms with van der Waals surface area (Å²) in [7, 11) is 0. The second kappa shape index (κ2) is 4.74. The molecular formula is C19H14O2. The van der Waals surface area contributed by atoms with E-state index in [4.69, 9.17) is 4.74 Å². The minimum absolute atomic E-state index is 0.150. The van der Waals surface area contributed by atoms with Gasteiger partial charge in [-0.1, -0.05) is 48.5 Å². The molecule has 3 aromatic rings. The van der Waals surface area contributed by atoms with Crippen molar-refractivity contribution in [3.8, 4) is 11.5 Å². The van der Waals surface area contributed by atoms with Crippen molar-refractivity contribution >= 4 is 16.6 Å². The van der Waals surface area contributed by atoms with Gasteiger partial charge in [-0.3, -0.25) is 4.79 Å². The first-order valence-electron chi connectivity index (χ1n) is 7.13. The summed E-state index contributed by atoms with van der Waals surface area (Å²) in [6, 6.07) is 20.2. The maximum atomic E-state index is 12.3. The Labute approximate surface area is 123 Å². The van der Waals surface area contributed by atoms with E-state index in [0.29, 0.717) is 12.0 Å². The number of fused-ring (bicyclic) bond motifs is 2. The summed E-state index contributed by atoms with van der Waals surface area (Å²) in [5, 5.41) is 2.45. The van der Waals surface area contributed by atoms with Gasteiger partial charge in [0.05, 0.1) is 5.56 Å². The Bertz CT molecular complexity index is 849. The topological polar surface area (TPSA) is 29.6 Å². The number of ketones is 1. The Kier molecular flexibility index (Phi) is 2.74. The van der Waals surface area contributed by atoms with Gasteiger partial charge >= 0.3 is 0 Å². The Morgan fingerprint density at radius 1 is 0.905 bits per heavy atom. The highest BCUT2D eigenvalue weighted by atomic mass is 16.6. The molecule has 0 amide bonds. The normalized spacial score (nSPS) is 11.8. The third-order valence-corrected chi connectivity index (χ3v) is 3.90. The number of carbonyl (C=O) groups is 1. The van der Waals surface area contributed by atoms with Gasteiger partial charge in [-0.05, 0) is 34.9 Å². The molecule has 2 heteroatoms. The van der Waals surface area contributed by atoms with E-state index in [0.717, 1.165) is 17.9 Å². The molecule has 3 aromatic carbocycles. The van der Waals surface area contributed by atoms with Crippen LogP contribution in [0.4, 0.5) is 0 Å². The predicted molar refractivity (Wildman–Crippen MR) is 83.1 cm³/mol. The Hall–Kier alpha value is -2.61. The molecule has 0 aliphatic carbocycles. The molecular weight excluding hydrogens is 260 g/mol. The van der Waals surface area contributed by atoms with Crippen molar-refractivity contribution in [2.24, 2.45) is 0 Å². The summed E-state index contributed by atoms with van der Waals surface area (Å²) in [6.07, 6.45) is 1.27. The minimum atomic E-state index is 0.150. The minimum Gasteiger partial charge on any atom is -0.449 e. The third-order valence-electron chi connectivity index (χ3n) is 3.90. The lowest BCUT2D eigenvalue weighted by molar-refractivity contribution is 0.0982. The fourth-order valence-corrected chi connectivity index (χ4v) is 2.70. The molecule has 0 spiro atoms. The summed E-state index contributed by atoms with van der Waals surface area (Å²) in [5.41, 5.74) is 1.91. The molecule has 0 saturated carbocycles. The van der Waals surface area contributed by atoms with Crippen LogP contribution in [-0.2, 0) is 6.42 Å². The highest BCUT2D eigenvalue weighted by Gasteiger charge is 2.26. The molecule has 102 valence electrons. The molecule has 4 rings (SSSR count). The molecule has 0 fully saturated rings. The molecule has 0 radical (unpaired) electrons. The molecule has 0 bridgehead atoms. The maximum absolute atomic E-state index is 12.3. The van der Waals surface area contributed by atoms with Crippen LogP contribution in [0.3, 0.4) is 0 Å². The quantitative estimate of drug-likeness (QED) is 0.396. The maximum Gasteiger partial charge on any atom is 0.180 e. The number of hydrogen-bond acceptors (Lipinski definition) is 2. The van der Waals surface area contributed by atoms with E-state index in [9.17, 15) is 4.79 Å². The summed E-state index contributed by atoms with van der Waals surface area (Å²) in [6.45, 7) is 0. The van der Waals surface area contributed by atoms with Gasteiger partial charge in [-0.25, -0.2) is 0 Å². The lowest BCUT2D eigenvalue weighted by Gasteiger charge is -2.03. The van der Waals surface area contributed by atoms with Crippen LogP contribution in [0, 0.1) is 0 Å². The SMILES string of the molecule is O=C(CCc1ccc2ccccc2c1)c1cccc2c1O2. The van der Waals surface area contributed by atoms with Gasteiger partial charge in [-0.15, -0.1) is 0 Å². The van der Waals surface area contributed by atoms with Gasteiger partial charge in [0, 0.05) is 6.42 Å². The van der Waals surface area contributed by atoms with Gasteiger partial charge < -0.3 is 4.74 Å². The van der Waals surface area contributed by atoms with Crippen LogP contribution in [0.2, 0.25) is 0 Å². The highest BCUT2D eigenvalue weighted by molar-refractivity contribution is 6.01. The van der Waals surface area contributed by atoms with E-state index in [1.807, 2.05) is 30.3 Å². The Balaban J connectivity index is 1.51. The van der Waals surface area contributed by atoms with Crippen LogP contribution < -0.4 is 4.74 Å². The zero-order chi connectivity index (χ0) is 14.2. The number of ether oxygens (including phenoxy) is 1. The van der Waals surface area contributed by atoms with Crippen LogP contribution in [0.15, 0.2) is 60.7 Å². The largest absolute Gasteiger partial charge is 0.449 e. The average molecular weight is 274 g/mol. The Morgan fingerprint density at radius 3 is 2.67 bits per heavy atom. The molecule has 1 heterocycles. The third kappa shape index (κ3) is 2.29. The molecule has 1 aliphatic heterocycles. The monoisotopic (exact) mass is 274 g/mol. The van der Waals surface area contributed by atoms with Crippen molar-refractivity contribution in [2.75, 3.05) is 0 Å². The van der Waals surface area contributed by atoms with Gasteiger partial charge in [0.15, 0.2) is 17.3 Å². The van der Waals surface area contributed by atoms with Crippen LogP contribution in [-0.4, -0.2) is 5.78 Å². The number of benzene rings is 3. The van der Waals surface area contributed by atoms with Crippen molar-refractivity contribution in [2.45, 2.75) is 12.8 Å². The number of carbonyl (C=O) groups excluding carboxylic acids is 1. The number of aryl methyl sites for hydroxylation is 1. The van der Waals surface area contributed by atoms with E-state index < -0.39 is 0 Å². The average Bonchev–Trinajstić information content (AvgIpc) is 3.31. The fourth-order valence-electron chi connectivity index (χ4n) is 2.70. The summed E-state index contributed by atoms with van der Waals surface area (Å²) in [5.74, 6) is 1.75. The molecule has 0 aromatic heterocycles. The van der Waals surface area contributed by atoms with Crippen LogP contribution in [0.25, 0.3) is 10.8 Å². The fraction of sp³-hybridized carbons (Fsp3) is 0.105. The second-order valence-electron chi connectivity index (χ2n) is 5.34. The van der Waals surface area contributed by atoms with Gasteiger partial charge in [0.1, 0.15) is 0 Å². The summed E-state index contributed by atoms with van der Waals surface area (Å²) < 4.78 is 5.28. The number of Topliss-reactive ketones (excluding diaryl/α,β-unsaturated/α-hetero) is 1. The van der Waals surface area contributed by atoms with Gasteiger partial charge in [0.2, 0.25) is 0 Å². The highest BCUT2D eigenvalue weighted by Crippen LogP contribution is 2.48. The molecule has 21 heavy (non-hydrogen) atoms.